The van der Waals surface area contributed by atoms with Crippen LogP contribution >= 0.6 is 15.9 Å². The predicted octanol–water partition coefficient (Wildman–Crippen LogP) is 2.31. The first-order valence-electron chi connectivity index (χ1n) is 7.12. The van der Waals surface area contributed by atoms with Crippen molar-refractivity contribution in [2.75, 3.05) is 11.1 Å². The normalized spacial score (nSPS) is 11.8. The number of carbonyl (C=O) groups is 1. The van der Waals surface area contributed by atoms with Gasteiger partial charge in [-0.2, -0.15) is 0 Å². The lowest BCUT2D eigenvalue weighted by Crippen LogP contribution is -2.20. The van der Waals surface area contributed by atoms with Gasteiger partial charge in [0.2, 0.25) is 10.0 Å². The van der Waals surface area contributed by atoms with Crippen molar-refractivity contribution in [1.29, 1.82) is 0 Å². The van der Waals surface area contributed by atoms with Gasteiger partial charge >= 0.3 is 0 Å². The first-order valence-corrected chi connectivity index (χ1v) is 11.1. The molecular formula is C16H15BrN2O5S2. The van der Waals surface area contributed by atoms with Crippen LogP contribution in [0.5, 0.6) is 0 Å². The number of para-hydroxylation sites is 1. The van der Waals surface area contributed by atoms with Gasteiger partial charge in [-0.05, 0) is 30.3 Å². The van der Waals surface area contributed by atoms with Crippen LogP contribution < -0.4 is 10.5 Å². The standard InChI is InChI=1S/C16H15BrN2O5S2/c1-2-9-25(21,22)15-10-11(17)7-8-12(15)16(20)19-13-5-3-4-6-14(13)26(18,23)24/h2-8,10H,1,9H2,(H,19,20)(H2,18,23,24). The second-order valence-electron chi connectivity index (χ2n) is 5.21. The zero-order chi connectivity index (χ0) is 19.5. The quantitative estimate of drug-likeness (QED) is 0.642. The minimum atomic E-state index is -4.07. The lowest BCUT2D eigenvalue weighted by atomic mass is 10.2. The molecule has 0 aromatic heterocycles. The van der Waals surface area contributed by atoms with Crippen molar-refractivity contribution in [3.8, 4) is 0 Å². The van der Waals surface area contributed by atoms with E-state index in [1.807, 2.05) is 0 Å². The van der Waals surface area contributed by atoms with Gasteiger partial charge in [-0.25, -0.2) is 22.0 Å². The molecule has 0 spiro atoms. The second kappa shape index (κ2) is 7.70. The summed E-state index contributed by atoms with van der Waals surface area (Å²) in [6, 6.07) is 9.70. The third-order valence-corrected chi connectivity index (χ3v) is 6.45. The van der Waals surface area contributed by atoms with Crippen LogP contribution in [0, 0.1) is 0 Å². The van der Waals surface area contributed by atoms with Gasteiger partial charge in [0.05, 0.1) is 21.9 Å². The number of hydrogen-bond donors (Lipinski definition) is 2. The number of primary sulfonamides is 1. The van der Waals surface area contributed by atoms with E-state index in [1.165, 1.54) is 48.5 Å². The second-order valence-corrected chi connectivity index (χ2v) is 9.65. The van der Waals surface area contributed by atoms with Crippen LogP contribution in [-0.2, 0) is 19.9 Å². The topological polar surface area (TPSA) is 123 Å². The molecule has 0 aliphatic heterocycles. The minimum Gasteiger partial charge on any atom is -0.321 e. The molecule has 2 rings (SSSR count). The molecule has 0 heterocycles. The van der Waals surface area contributed by atoms with E-state index in [4.69, 9.17) is 5.14 Å². The molecule has 2 aromatic carbocycles. The zero-order valence-electron chi connectivity index (χ0n) is 13.3. The van der Waals surface area contributed by atoms with E-state index in [9.17, 15) is 21.6 Å². The molecular weight excluding hydrogens is 444 g/mol. The Balaban J connectivity index is 2.52. The van der Waals surface area contributed by atoms with Gasteiger partial charge in [0, 0.05) is 4.47 Å². The largest absolute Gasteiger partial charge is 0.321 e. The first-order chi connectivity index (χ1) is 12.1. The third kappa shape index (κ3) is 4.58. The Morgan fingerprint density at radius 1 is 1.12 bits per heavy atom. The highest BCUT2D eigenvalue weighted by atomic mass is 79.9. The molecule has 1 amide bonds. The molecule has 0 bridgehead atoms. The van der Waals surface area contributed by atoms with Crippen LogP contribution in [0.15, 0.2) is 69.4 Å². The summed E-state index contributed by atoms with van der Waals surface area (Å²) in [5, 5.41) is 7.54. The zero-order valence-corrected chi connectivity index (χ0v) is 16.6. The average molecular weight is 459 g/mol. The number of carbonyl (C=O) groups excluding carboxylic acids is 1. The monoisotopic (exact) mass is 458 g/mol. The van der Waals surface area contributed by atoms with Gasteiger partial charge in [-0.3, -0.25) is 4.79 Å². The molecule has 2 aromatic rings. The SMILES string of the molecule is C=CCS(=O)(=O)c1cc(Br)ccc1C(=O)Nc1ccccc1S(N)(=O)=O. The lowest BCUT2D eigenvalue weighted by Gasteiger charge is -2.12. The molecule has 0 fully saturated rings. The number of nitrogens with two attached hydrogens (primary N) is 1. The molecule has 0 saturated heterocycles. The third-order valence-electron chi connectivity index (χ3n) is 3.30. The first kappa shape index (κ1) is 20.3. The van der Waals surface area contributed by atoms with Crippen LogP contribution in [0.2, 0.25) is 0 Å². The maximum Gasteiger partial charge on any atom is 0.257 e. The highest BCUT2D eigenvalue weighted by Gasteiger charge is 2.23. The fraction of sp³-hybridized carbons (Fsp3) is 0.0625. The summed E-state index contributed by atoms with van der Waals surface area (Å²) >= 11 is 3.18. The Bertz CT molecular complexity index is 1080. The van der Waals surface area contributed by atoms with Crippen molar-refractivity contribution in [3.63, 3.8) is 0 Å². The molecule has 0 unspecified atom stereocenters. The Kier molecular flexibility index (Phi) is 6.02. The number of rotatable bonds is 6. The number of amides is 1. The lowest BCUT2D eigenvalue weighted by molar-refractivity contribution is 0.102. The van der Waals surface area contributed by atoms with Gasteiger partial charge in [0.15, 0.2) is 9.84 Å². The van der Waals surface area contributed by atoms with Crippen LogP contribution in [0.4, 0.5) is 5.69 Å². The molecule has 10 heteroatoms. The summed E-state index contributed by atoms with van der Waals surface area (Å²) in [6.07, 6.45) is 1.22. The van der Waals surface area contributed by atoms with Crippen molar-refractivity contribution in [2.24, 2.45) is 5.14 Å². The number of benzene rings is 2. The minimum absolute atomic E-state index is 0.0463. The average Bonchev–Trinajstić information content (AvgIpc) is 2.54. The van der Waals surface area contributed by atoms with Gasteiger partial charge in [-0.1, -0.05) is 34.1 Å². The molecule has 0 saturated carbocycles. The molecule has 7 nitrogen and oxygen atoms in total. The van der Waals surface area contributed by atoms with Crippen LogP contribution in [-0.4, -0.2) is 28.5 Å². The van der Waals surface area contributed by atoms with Crippen molar-refractivity contribution in [1.82, 2.24) is 0 Å². The number of sulfone groups is 1. The van der Waals surface area contributed by atoms with Crippen LogP contribution in [0.25, 0.3) is 0 Å². The van der Waals surface area contributed by atoms with Crippen molar-refractivity contribution in [2.45, 2.75) is 9.79 Å². The van der Waals surface area contributed by atoms with E-state index < -0.39 is 25.8 Å². The summed E-state index contributed by atoms with van der Waals surface area (Å²) in [6.45, 7) is 3.40. The molecule has 0 radical (unpaired) electrons. The highest BCUT2D eigenvalue weighted by Crippen LogP contribution is 2.25. The van der Waals surface area contributed by atoms with E-state index in [0.717, 1.165) is 0 Å². The Hall–Kier alpha value is -2.01. The number of sulfonamides is 1. The van der Waals surface area contributed by atoms with E-state index in [2.05, 4.69) is 27.8 Å². The van der Waals surface area contributed by atoms with Gasteiger partial charge in [-0.15, -0.1) is 6.58 Å². The van der Waals surface area contributed by atoms with Crippen molar-refractivity contribution in [3.05, 3.63) is 65.2 Å². The summed E-state index contributed by atoms with van der Waals surface area (Å²) < 4.78 is 48.6. The Morgan fingerprint density at radius 2 is 1.77 bits per heavy atom. The molecule has 0 atom stereocenters. The van der Waals surface area contributed by atoms with Crippen LogP contribution in [0.3, 0.4) is 0 Å². The van der Waals surface area contributed by atoms with E-state index in [-0.39, 0.29) is 26.8 Å². The number of nitrogens with one attached hydrogen (secondary N) is 1. The molecule has 3 N–H and O–H groups in total. The fourth-order valence-corrected chi connectivity index (χ4v) is 4.69. The van der Waals surface area contributed by atoms with Crippen molar-refractivity contribution < 1.29 is 21.6 Å². The van der Waals surface area contributed by atoms with E-state index >= 15 is 0 Å². The highest BCUT2D eigenvalue weighted by molar-refractivity contribution is 9.10. The summed E-state index contributed by atoms with van der Waals surface area (Å²) in [7, 11) is -7.86. The van der Waals surface area contributed by atoms with Crippen molar-refractivity contribution >= 4 is 47.4 Å². The number of halogens is 1. The van der Waals surface area contributed by atoms with E-state index in [0.29, 0.717) is 4.47 Å². The number of hydrogen-bond acceptors (Lipinski definition) is 5. The predicted molar refractivity (Wildman–Crippen MR) is 102 cm³/mol. The summed E-state index contributed by atoms with van der Waals surface area (Å²) in [5.74, 6) is -1.13. The Labute approximate surface area is 160 Å². The maximum atomic E-state index is 12.6. The van der Waals surface area contributed by atoms with Gasteiger partial charge < -0.3 is 5.32 Å². The molecule has 26 heavy (non-hydrogen) atoms. The number of anilines is 1. The fourth-order valence-electron chi connectivity index (χ4n) is 2.19. The molecule has 0 aliphatic carbocycles. The maximum absolute atomic E-state index is 12.6. The Morgan fingerprint density at radius 3 is 2.38 bits per heavy atom. The van der Waals surface area contributed by atoms with E-state index in [1.54, 1.807) is 0 Å². The molecule has 0 aliphatic rings. The van der Waals surface area contributed by atoms with Gasteiger partial charge in [0.1, 0.15) is 4.90 Å². The molecule has 138 valence electrons. The summed E-state index contributed by atoms with van der Waals surface area (Å²) in [4.78, 5) is 12.2. The van der Waals surface area contributed by atoms with Crippen LogP contribution in [0.1, 0.15) is 10.4 Å². The summed E-state index contributed by atoms with van der Waals surface area (Å²) in [5.41, 5.74) is -0.172. The smallest absolute Gasteiger partial charge is 0.257 e. The van der Waals surface area contributed by atoms with Gasteiger partial charge in [0.25, 0.3) is 5.91 Å².